The van der Waals surface area contributed by atoms with Crippen LogP contribution in [-0.4, -0.2) is 23.6 Å². The highest BCUT2D eigenvalue weighted by Crippen LogP contribution is 2.27. The van der Waals surface area contributed by atoms with Crippen LogP contribution in [-0.2, 0) is 0 Å². The van der Waals surface area contributed by atoms with E-state index < -0.39 is 0 Å². The van der Waals surface area contributed by atoms with Crippen LogP contribution in [0.1, 0.15) is 6.92 Å². The van der Waals surface area contributed by atoms with Crippen molar-refractivity contribution in [2.45, 2.75) is 6.92 Å². The minimum Gasteiger partial charge on any atom is -0.490 e. The highest BCUT2D eigenvalue weighted by atomic mass is 35.5. The van der Waals surface area contributed by atoms with Gasteiger partial charge in [-0.2, -0.15) is 0 Å². The molecule has 0 aromatic carbocycles. The third-order valence-electron chi connectivity index (χ3n) is 1.31. The fraction of sp³-hybridized carbons (Fsp3) is 0.429. The predicted molar refractivity (Wildman–Crippen MR) is 47.8 cm³/mol. The standard InChI is InChI=1S/C7H10ClN3O/c1-3-9-7-5(12-2)6(8)10-4-11-7/h4H,3H2,1-2H3,(H,9,10,11). The molecule has 4 nitrogen and oxygen atoms in total. The second kappa shape index (κ2) is 4.11. The normalized spacial score (nSPS) is 9.58. The quantitative estimate of drug-likeness (QED) is 0.730. The van der Waals surface area contributed by atoms with E-state index in [-0.39, 0.29) is 0 Å². The third kappa shape index (κ3) is 1.76. The van der Waals surface area contributed by atoms with Crippen LogP contribution in [0.4, 0.5) is 5.82 Å². The summed E-state index contributed by atoms with van der Waals surface area (Å²) < 4.78 is 5.01. The van der Waals surface area contributed by atoms with E-state index >= 15 is 0 Å². The van der Waals surface area contributed by atoms with Crippen LogP contribution in [0.2, 0.25) is 5.15 Å². The molecule has 12 heavy (non-hydrogen) atoms. The van der Waals surface area contributed by atoms with E-state index in [9.17, 15) is 0 Å². The number of halogens is 1. The Bertz CT molecular complexity index is 267. The van der Waals surface area contributed by atoms with Crippen LogP contribution >= 0.6 is 11.6 Å². The van der Waals surface area contributed by atoms with Gasteiger partial charge < -0.3 is 10.1 Å². The topological polar surface area (TPSA) is 47.0 Å². The van der Waals surface area contributed by atoms with E-state index in [0.29, 0.717) is 16.7 Å². The molecule has 5 heteroatoms. The lowest BCUT2D eigenvalue weighted by molar-refractivity contribution is 0.413. The van der Waals surface area contributed by atoms with Gasteiger partial charge in [-0.3, -0.25) is 0 Å². The Balaban J connectivity index is 3.00. The van der Waals surface area contributed by atoms with Crippen molar-refractivity contribution < 1.29 is 4.74 Å². The van der Waals surface area contributed by atoms with E-state index in [0.717, 1.165) is 6.54 Å². The Kier molecular flexibility index (Phi) is 3.10. The van der Waals surface area contributed by atoms with Gasteiger partial charge in [0.25, 0.3) is 0 Å². The molecule has 0 unspecified atom stereocenters. The van der Waals surface area contributed by atoms with E-state index in [1.807, 2.05) is 6.92 Å². The van der Waals surface area contributed by atoms with Crippen molar-refractivity contribution in [2.75, 3.05) is 19.0 Å². The zero-order valence-corrected chi connectivity index (χ0v) is 7.72. The highest BCUT2D eigenvalue weighted by molar-refractivity contribution is 6.31. The minimum absolute atomic E-state index is 0.323. The lowest BCUT2D eigenvalue weighted by atomic mass is 10.5. The van der Waals surface area contributed by atoms with Gasteiger partial charge in [0, 0.05) is 6.54 Å². The van der Waals surface area contributed by atoms with Gasteiger partial charge in [0.15, 0.2) is 16.7 Å². The van der Waals surface area contributed by atoms with Crippen LogP contribution in [0.25, 0.3) is 0 Å². The number of nitrogens with zero attached hydrogens (tertiary/aromatic N) is 2. The minimum atomic E-state index is 0.323. The predicted octanol–water partition coefficient (Wildman–Crippen LogP) is 1.57. The van der Waals surface area contributed by atoms with Crippen LogP contribution in [0.5, 0.6) is 5.75 Å². The molecule has 1 aromatic heterocycles. The summed E-state index contributed by atoms with van der Waals surface area (Å²) in [5.41, 5.74) is 0. The Morgan fingerprint density at radius 2 is 2.33 bits per heavy atom. The average molecular weight is 188 g/mol. The molecule has 0 aliphatic carbocycles. The molecular weight excluding hydrogens is 178 g/mol. The Labute approximate surface area is 75.9 Å². The average Bonchev–Trinajstić information content (AvgIpc) is 2.05. The summed E-state index contributed by atoms with van der Waals surface area (Å²) in [5, 5.41) is 3.33. The molecule has 0 radical (unpaired) electrons. The van der Waals surface area contributed by atoms with E-state index in [1.165, 1.54) is 13.4 Å². The molecular formula is C7H10ClN3O. The first-order valence-corrected chi connectivity index (χ1v) is 3.95. The summed E-state index contributed by atoms with van der Waals surface area (Å²) in [6.45, 7) is 2.74. The van der Waals surface area contributed by atoms with Crippen molar-refractivity contribution in [1.29, 1.82) is 0 Å². The molecule has 0 bridgehead atoms. The van der Waals surface area contributed by atoms with Crippen LogP contribution in [0, 0.1) is 0 Å². The van der Waals surface area contributed by atoms with Gasteiger partial charge in [-0.15, -0.1) is 0 Å². The number of hydrogen-bond donors (Lipinski definition) is 1. The number of aromatic nitrogens is 2. The Hall–Kier alpha value is -1.03. The Morgan fingerprint density at radius 1 is 1.58 bits per heavy atom. The van der Waals surface area contributed by atoms with Gasteiger partial charge in [0.2, 0.25) is 0 Å². The maximum Gasteiger partial charge on any atom is 0.198 e. The fourth-order valence-electron chi connectivity index (χ4n) is 0.827. The molecule has 1 heterocycles. The molecule has 0 atom stereocenters. The molecule has 66 valence electrons. The summed E-state index contributed by atoms with van der Waals surface area (Å²) in [7, 11) is 1.53. The van der Waals surface area contributed by atoms with Gasteiger partial charge in [-0.1, -0.05) is 11.6 Å². The first-order chi connectivity index (χ1) is 5.79. The maximum absolute atomic E-state index is 5.75. The van der Waals surface area contributed by atoms with Crippen molar-refractivity contribution in [1.82, 2.24) is 9.97 Å². The zero-order valence-electron chi connectivity index (χ0n) is 6.97. The molecule has 1 N–H and O–H groups in total. The molecule has 0 aliphatic heterocycles. The van der Waals surface area contributed by atoms with Crippen LogP contribution in [0.3, 0.4) is 0 Å². The molecule has 0 aliphatic rings. The van der Waals surface area contributed by atoms with Crippen LogP contribution in [0.15, 0.2) is 6.33 Å². The molecule has 0 fully saturated rings. The lowest BCUT2D eigenvalue weighted by Gasteiger charge is -2.07. The largest absolute Gasteiger partial charge is 0.490 e. The molecule has 0 spiro atoms. The van der Waals surface area contributed by atoms with Gasteiger partial charge in [-0.05, 0) is 6.92 Å². The number of ether oxygens (including phenoxy) is 1. The zero-order chi connectivity index (χ0) is 8.97. The van der Waals surface area contributed by atoms with Gasteiger partial charge in [0.05, 0.1) is 7.11 Å². The monoisotopic (exact) mass is 187 g/mol. The first kappa shape index (κ1) is 9.06. The molecule has 0 saturated heterocycles. The summed E-state index contributed by atoms with van der Waals surface area (Å²) in [5.74, 6) is 1.11. The summed E-state index contributed by atoms with van der Waals surface area (Å²) in [6.07, 6.45) is 1.39. The van der Waals surface area contributed by atoms with Crippen molar-refractivity contribution in [3.63, 3.8) is 0 Å². The number of rotatable bonds is 3. The molecule has 1 rings (SSSR count). The van der Waals surface area contributed by atoms with Crippen molar-refractivity contribution >= 4 is 17.4 Å². The number of hydrogen-bond acceptors (Lipinski definition) is 4. The Morgan fingerprint density at radius 3 is 2.92 bits per heavy atom. The molecule has 0 saturated carbocycles. The molecule has 1 aromatic rings. The fourth-order valence-corrected chi connectivity index (χ4v) is 1.04. The SMILES string of the molecule is CCNc1ncnc(Cl)c1OC. The van der Waals surface area contributed by atoms with E-state index in [2.05, 4.69) is 15.3 Å². The summed E-state index contributed by atoms with van der Waals surface area (Å²) in [6, 6.07) is 0. The second-order valence-electron chi connectivity index (χ2n) is 2.08. The second-order valence-corrected chi connectivity index (χ2v) is 2.43. The van der Waals surface area contributed by atoms with Crippen LogP contribution < -0.4 is 10.1 Å². The summed E-state index contributed by atoms with van der Waals surface area (Å²) in [4.78, 5) is 7.75. The number of anilines is 1. The van der Waals surface area contributed by atoms with Gasteiger partial charge in [0.1, 0.15) is 6.33 Å². The summed E-state index contributed by atoms with van der Waals surface area (Å²) >= 11 is 5.75. The van der Waals surface area contributed by atoms with E-state index in [4.69, 9.17) is 16.3 Å². The number of nitrogens with one attached hydrogen (secondary N) is 1. The van der Waals surface area contributed by atoms with Gasteiger partial charge in [-0.25, -0.2) is 9.97 Å². The first-order valence-electron chi connectivity index (χ1n) is 3.58. The third-order valence-corrected chi connectivity index (χ3v) is 1.58. The van der Waals surface area contributed by atoms with Crippen molar-refractivity contribution in [2.24, 2.45) is 0 Å². The molecule has 0 amide bonds. The number of methoxy groups -OCH3 is 1. The smallest absolute Gasteiger partial charge is 0.198 e. The van der Waals surface area contributed by atoms with Crippen molar-refractivity contribution in [3.8, 4) is 5.75 Å². The van der Waals surface area contributed by atoms with Crippen molar-refractivity contribution in [3.05, 3.63) is 11.5 Å². The lowest BCUT2D eigenvalue weighted by Crippen LogP contribution is -2.02. The van der Waals surface area contributed by atoms with E-state index in [1.54, 1.807) is 0 Å². The maximum atomic E-state index is 5.75. The highest BCUT2D eigenvalue weighted by Gasteiger charge is 2.07. The van der Waals surface area contributed by atoms with Gasteiger partial charge >= 0.3 is 0 Å².